The molecule has 2 aromatic heterocycles. The first kappa shape index (κ1) is 11.5. The van der Waals surface area contributed by atoms with Crippen molar-refractivity contribution in [1.82, 2.24) is 19.6 Å². The van der Waals surface area contributed by atoms with Crippen molar-refractivity contribution < 1.29 is 9.59 Å². The van der Waals surface area contributed by atoms with Crippen LogP contribution in [0.3, 0.4) is 0 Å². The molecule has 0 aliphatic carbocycles. The molecule has 1 N–H and O–H groups in total. The number of urea groups is 1. The molecule has 1 aliphatic heterocycles. The summed E-state index contributed by atoms with van der Waals surface area (Å²) < 4.78 is 1.85. The Balaban J connectivity index is 2.03. The Morgan fingerprint density at radius 2 is 2.21 bits per heavy atom. The quantitative estimate of drug-likeness (QED) is 0.649. The highest BCUT2D eigenvalue weighted by molar-refractivity contribution is 6.13. The first-order valence-electron chi connectivity index (χ1n) is 5.97. The standard InChI is InChI=1S/C13H12N4O2/c1-2-16-12(18)10(15-13(16)19)7-9-8-14-11-5-3-4-6-17(9)11/h3-8H,2H2,1H3,(H,15,19)/b10-7-. The van der Waals surface area contributed by atoms with Gasteiger partial charge in [-0.15, -0.1) is 0 Å². The van der Waals surface area contributed by atoms with Gasteiger partial charge in [0, 0.05) is 12.7 Å². The highest BCUT2D eigenvalue weighted by Gasteiger charge is 2.32. The van der Waals surface area contributed by atoms with Gasteiger partial charge in [0.15, 0.2) is 0 Å². The van der Waals surface area contributed by atoms with E-state index < -0.39 is 0 Å². The number of rotatable bonds is 2. The average molecular weight is 256 g/mol. The third-order valence-corrected chi connectivity index (χ3v) is 3.02. The van der Waals surface area contributed by atoms with Crippen LogP contribution in [0.2, 0.25) is 0 Å². The molecule has 3 amide bonds. The third kappa shape index (κ3) is 1.77. The zero-order valence-corrected chi connectivity index (χ0v) is 10.3. The molecule has 0 bridgehead atoms. The fraction of sp³-hybridized carbons (Fsp3) is 0.154. The lowest BCUT2D eigenvalue weighted by Crippen LogP contribution is -2.30. The van der Waals surface area contributed by atoms with Gasteiger partial charge in [0.1, 0.15) is 11.3 Å². The first-order valence-corrected chi connectivity index (χ1v) is 5.97. The highest BCUT2D eigenvalue weighted by atomic mass is 16.2. The zero-order valence-electron chi connectivity index (χ0n) is 10.3. The van der Waals surface area contributed by atoms with E-state index >= 15 is 0 Å². The summed E-state index contributed by atoms with van der Waals surface area (Å²) in [5.41, 5.74) is 1.81. The van der Waals surface area contributed by atoms with E-state index in [0.717, 1.165) is 16.2 Å². The molecule has 0 unspecified atom stereocenters. The van der Waals surface area contributed by atoms with Crippen LogP contribution in [0.5, 0.6) is 0 Å². The number of nitrogens with zero attached hydrogens (tertiary/aromatic N) is 3. The van der Waals surface area contributed by atoms with Crippen molar-refractivity contribution in [3.05, 3.63) is 42.0 Å². The summed E-state index contributed by atoms with van der Waals surface area (Å²) in [6.07, 6.45) is 5.15. The number of fused-ring (bicyclic) bond motifs is 1. The van der Waals surface area contributed by atoms with Gasteiger partial charge in [0.2, 0.25) is 0 Å². The SMILES string of the molecule is CCN1C(=O)N/C(=C\c2cnc3ccccn23)C1=O. The molecular formula is C13H12N4O2. The smallest absolute Gasteiger partial charge is 0.303 e. The number of nitrogens with one attached hydrogen (secondary N) is 1. The second-order valence-electron chi connectivity index (χ2n) is 4.15. The van der Waals surface area contributed by atoms with Gasteiger partial charge in [-0.1, -0.05) is 6.07 Å². The van der Waals surface area contributed by atoms with Gasteiger partial charge < -0.3 is 9.72 Å². The zero-order chi connectivity index (χ0) is 13.4. The van der Waals surface area contributed by atoms with Gasteiger partial charge in [-0.25, -0.2) is 9.78 Å². The third-order valence-electron chi connectivity index (χ3n) is 3.02. The van der Waals surface area contributed by atoms with E-state index in [1.165, 1.54) is 0 Å². The van der Waals surface area contributed by atoms with Gasteiger partial charge in [0.25, 0.3) is 5.91 Å². The molecular weight excluding hydrogens is 244 g/mol. The van der Waals surface area contributed by atoms with E-state index in [-0.39, 0.29) is 17.6 Å². The van der Waals surface area contributed by atoms with Gasteiger partial charge in [-0.2, -0.15) is 0 Å². The minimum atomic E-state index is -0.382. The van der Waals surface area contributed by atoms with Crippen LogP contribution in [0.1, 0.15) is 12.6 Å². The van der Waals surface area contributed by atoms with Crippen LogP contribution in [0, 0.1) is 0 Å². The predicted octanol–water partition coefficient (Wildman–Crippen LogP) is 1.25. The molecule has 0 aromatic carbocycles. The molecule has 96 valence electrons. The van der Waals surface area contributed by atoms with E-state index in [4.69, 9.17) is 0 Å². The summed E-state index contributed by atoms with van der Waals surface area (Å²) in [5, 5.41) is 2.57. The van der Waals surface area contributed by atoms with E-state index in [1.807, 2.05) is 28.8 Å². The number of carbonyl (C=O) groups is 2. The molecule has 3 heterocycles. The van der Waals surface area contributed by atoms with Crippen LogP contribution in [-0.2, 0) is 4.79 Å². The lowest BCUT2D eigenvalue weighted by atomic mass is 10.3. The monoisotopic (exact) mass is 256 g/mol. The molecule has 6 heteroatoms. The fourth-order valence-corrected chi connectivity index (χ4v) is 2.07. The Bertz CT molecular complexity index is 701. The maximum Gasteiger partial charge on any atom is 0.328 e. The minimum absolute atomic E-state index is 0.275. The summed E-state index contributed by atoms with van der Waals surface area (Å²) in [4.78, 5) is 28.9. The van der Waals surface area contributed by atoms with Crippen LogP contribution >= 0.6 is 0 Å². The van der Waals surface area contributed by atoms with Crippen molar-refractivity contribution >= 4 is 23.7 Å². The second kappa shape index (κ2) is 4.24. The Morgan fingerprint density at radius 1 is 1.37 bits per heavy atom. The van der Waals surface area contributed by atoms with Crippen LogP contribution in [0.25, 0.3) is 11.7 Å². The number of amides is 3. The Morgan fingerprint density at radius 3 is 2.95 bits per heavy atom. The topological polar surface area (TPSA) is 66.7 Å². The lowest BCUT2D eigenvalue weighted by molar-refractivity contribution is -0.122. The van der Waals surface area contributed by atoms with E-state index in [1.54, 1.807) is 19.2 Å². The minimum Gasteiger partial charge on any atom is -0.303 e. The number of imide groups is 1. The fourth-order valence-electron chi connectivity index (χ4n) is 2.07. The first-order chi connectivity index (χ1) is 9.20. The van der Waals surface area contributed by atoms with Crippen molar-refractivity contribution in [3.8, 4) is 0 Å². The van der Waals surface area contributed by atoms with Crippen molar-refractivity contribution in [1.29, 1.82) is 0 Å². The van der Waals surface area contributed by atoms with Crippen molar-refractivity contribution in [2.45, 2.75) is 6.92 Å². The molecule has 1 fully saturated rings. The van der Waals surface area contributed by atoms with Crippen LogP contribution in [0.15, 0.2) is 36.3 Å². The molecule has 1 aliphatic rings. The lowest BCUT2D eigenvalue weighted by Gasteiger charge is -2.05. The number of likely N-dealkylation sites (N-methyl/N-ethyl adjacent to an activating group) is 1. The van der Waals surface area contributed by atoms with E-state index in [9.17, 15) is 9.59 Å². The van der Waals surface area contributed by atoms with Crippen molar-refractivity contribution in [2.75, 3.05) is 6.54 Å². The molecule has 19 heavy (non-hydrogen) atoms. The van der Waals surface area contributed by atoms with E-state index in [0.29, 0.717) is 6.54 Å². The number of aromatic nitrogens is 2. The largest absolute Gasteiger partial charge is 0.328 e. The van der Waals surface area contributed by atoms with Crippen LogP contribution in [0.4, 0.5) is 4.79 Å². The molecule has 2 aromatic rings. The molecule has 0 saturated carbocycles. The summed E-state index contributed by atoms with van der Waals surface area (Å²) in [6, 6.07) is 5.26. The summed E-state index contributed by atoms with van der Waals surface area (Å²) in [7, 11) is 0. The molecule has 3 rings (SSSR count). The van der Waals surface area contributed by atoms with Gasteiger partial charge in [-0.3, -0.25) is 9.69 Å². The van der Waals surface area contributed by atoms with Gasteiger partial charge in [-0.05, 0) is 25.1 Å². The normalized spacial score (nSPS) is 17.5. The molecule has 6 nitrogen and oxygen atoms in total. The van der Waals surface area contributed by atoms with Gasteiger partial charge >= 0.3 is 6.03 Å². The van der Waals surface area contributed by atoms with Crippen LogP contribution in [-0.4, -0.2) is 32.8 Å². The maximum atomic E-state index is 12.0. The van der Waals surface area contributed by atoms with Crippen LogP contribution < -0.4 is 5.32 Å². The molecule has 0 spiro atoms. The second-order valence-corrected chi connectivity index (χ2v) is 4.15. The van der Waals surface area contributed by atoms with Crippen molar-refractivity contribution in [3.63, 3.8) is 0 Å². The molecule has 0 atom stereocenters. The predicted molar refractivity (Wildman–Crippen MR) is 69.1 cm³/mol. The summed E-state index contributed by atoms with van der Waals surface area (Å²) in [5.74, 6) is -0.307. The highest BCUT2D eigenvalue weighted by Crippen LogP contribution is 2.14. The van der Waals surface area contributed by atoms with Gasteiger partial charge in [0.05, 0.1) is 11.9 Å². The Hall–Kier alpha value is -2.63. The number of hydrogen-bond donors (Lipinski definition) is 1. The maximum absolute atomic E-state index is 12.0. The molecule has 1 saturated heterocycles. The van der Waals surface area contributed by atoms with E-state index in [2.05, 4.69) is 10.3 Å². The summed E-state index contributed by atoms with van der Waals surface area (Å²) in [6.45, 7) is 2.11. The Kier molecular flexibility index (Phi) is 2.56. The van der Waals surface area contributed by atoms with Crippen molar-refractivity contribution in [2.24, 2.45) is 0 Å². The number of imidazole rings is 1. The average Bonchev–Trinajstić information content (AvgIpc) is 2.93. The summed E-state index contributed by atoms with van der Waals surface area (Å²) >= 11 is 0. The molecule has 0 radical (unpaired) electrons. The number of pyridine rings is 1. The number of hydrogen-bond acceptors (Lipinski definition) is 3. The Labute approximate surface area is 109 Å². The number of carbonyl (C=O) groups excluding carboxylic acids is 2.